The molecule has 1 aliphatic rings. The monoisotopic (exact) mass is 268 g/mol. The first-order valence-corrected chi connectivity index (χ1v) is 7.70. The number of carbonyl (C=O) groups excluding carboxylic acids is 1. The number of esters is 1. The van der Waals surface area contributed by atoms with Crippen molar-refractivity contribution in [2.24, 2.45) is 0 Å². The zero-order valence-electron chi connectivity index (χ0n) is 10.5. The van der Waals surface area contributed by atoms with Gasteiger partial charge in [0.25, 0.3) is 0 Å². The molecular formula is C13H16O4S. The quantitative estimate of drug-likeness (QED) is 0.780. The molecule has 4 nitrogen and oxygen atoms in total. The van der Waals surface area contributed by atoms with Crippen molar-refractivity contribution >= 4 is 15.8 Å². The molecule has 0 unspecified atom stereocenters. The molecule has 0 amide bonds. The molecule has 1 aliphatic carbocycles. The summed E-state index contributed by atoms with van der Waals surface area (Å²) in [6.07, 6.45) is 3.47. The van der Waals surface area contributed by atoms with E-state index in [4.69, 9.17) is 0 Å². The Hall–Kier alpha value is -1.36. The summed E-state index contributed by atoms with van der Waals surface area (Å²) in [5, 5.41) is 0. The number of rotatable bonds is 4. The van der Waals surface area contributed by atoms with Crippen LogP contribution in [0.25, 0.3) is 0 Å². The van der Waals surface area contributed by atoms with Gasteiger partial charge in [0.1, 0.15) is 0 Å². The zero-order chi connectivity index (χ0) is 13.3. The molecule has 1 aromatic rings. The lowest BCUT2D eigenvalue weighted by Crippen LogP contribution is -2.07. The number of ether oxygens (including phenoxy) is 1. The van der Waals surface area contributed by atoms with Crippen molar-refractivity contribution in [1.82, 2.24) is 0 Å². The van der Waals surface area contributed by atoms with Crippen molar-refractivity contribution in [3.63, 3.8) is 0 Å². The number of hydrogen-bond acceptors (Lipinski definition) is 4. The first kappa shape index (κ1) is 13.1. The summed E-state index contributed by atoms with van der Waals surface area (Å²) in [4.78, 5) is 11.6. The summed E-state index contributed by atoms with van der Waals surface area (Å²) in [6, 6.07) is 5.18. The maximum Gasteiger partial charge on any atom is 0.309 e. The lowest BCUT2D eigenvalue weighted by atomic mass is 10.1. The Morgan fingerprint density at radius 3 is 2.50 bits per heavy atom. The van der Waals surface area contributed by atoms with Gasteiger partial charge in [0.15, 0.2) is 9.84 Å². The summed E-state index contributed by atoms with van der Waals surface area (Å²) in [6.45, 7) is 0. The standard InChI is InChI=1S/C13H16O4S/c1-17-13(14)7-9-5-11(10-3-4-10)8-12(6-9)18(2,15)16/h5-6,8,10H,3-4,7H2,1-2H3. The third-order valence-corrected chi connectivity index (χ3v) is 4.13. The van der Waals surface area contributed by atoms with Gasteiger partial charge >= 0.3 is 5.97 Å². The van der Waals surface area contributed by atoms with Gasteiger partial charge < -0.3 is 4.74 Å². The number of sulfone groups is 1. The Labute approximate surface area is 107 Å². The van der Waals surface area contributed by atoms with Crippen molar-refractivity contribution in [2.45, 2.75) is 30.1 Å². The molecule has 18 heavy (non-hydrogen) atoms. The molecule has 5 heteroatoms. The van der Waals surface area contributed by atoms with E-state index in [1.54, 1.807) is 12.1 Å². The van der Waals surface area contributed by atoms with Crippen LogP contribution in [0.3, 0.4) is 0 Å². The third-order valence-electron chi connectivity index (χ3n) is 3.04. The second kappa shape index (κ2) is 4.72. The van der Waals surface area contributed by atoms with Gasteiger partial charge in [-0.05, 0) is 42.0 Å². The van der Waals surface area contributed by atoms with Crippen LogP contribution in [0.1, 0.15) is 29.9 Å². The van der Waals surface area contributed by atoms with E-state index in [0.29, 0.717) is 11.5 Å². The van der Waals surface area contributed by atoms with Crippen LogP contribution in [0.5, 0.6) is 0 Å². The Balaban J connectivity index is 2.39. The van der Waals surface area contributed by atoms with Crippen molar-refractivity contribution in [2.75, 3.05) is 13.4 Å². The normalized spacial score (nSPS) is 15.4. The fourth-order valence-corrected chi connectivity index (χ4v) is 2.61. The molecule has 0 bridgehead atoms. The van der Waals surface area contributed by atoms with Crippen molar-refractivity contribution in [1.29, 1.82) is 0 Å². The maximum atomic E-state index is 11.6. The first-order valence-electron chi connectivity index (χ1n) is 5.81. The van der Waals surface area contributed by atoms with Gasteiger partial charge in [0.05, 0.1) is 18.4 Å². The number of carbonyl (C=O) groups is 1. The highest BCUT2D eigenvalue weighted by Gasteiger charge is 2.25. The lowest BCUT2D eigenvalue weighted by molar-refractivity contribution is -0.139. The van der Waals surface area contributed by atoms with E-state index in [1.807, 2.05) is 6.07 Å². The topological polar surface area (TPSA) is 60.4 Å². The lowest BCUT2D eigenvalue weighted by Gasteiger charge is -2.07. The van der Waals surface area contributed by atoms with Gasteiger partial charge in [0, 0.05) is 6.26 Å². The number of benzene rings is 1. The molecule has 0 radical (unpaired) electrons. The van der Waals surface area contributed by atoms with Crippen LogP contribution < -0.4 is 0 Å². The molecule has 0 spiro atoms. The molecule has 1 saturated carbocycles. The van der Waals surface area contributed by atoms with E-state index < -0.39 is 9.84 Å². The molecule has 2 rings (SSSR count). The van der Waals surface area contributed by atoms with Gasteiger partial charge in [-0.1, -0.05) is 6.07 Å². The Bertz CT molecular complexity index is 571. The average Bonchev–Trinajstić information content (AvgIpc) is 3.11. The largest absolute Gasteiger partial charge is 0.469 e. The van der Waals surface area contributed by atoms with Crippen LogP contribution in [-0.4, -0.2) is 27.8 Å². The Kier molecular flexibility index (Phi) is 3.43. The summed E-state index contributed by atoms with van der Waals surface area (Å²) < 4.78 is 27.8. The Morgan fingerprint density at radius 1 is 1.33 bits per heavy atom. The van der Waals surface area contributed by atoms with E-state index in [-0.39, 0.29) is 17.3 Å². The molecule has 1 aromatic carbocycles. The van der Waals surface area contributed by atoms with Crippen molar-refractivity contribution < 1.29 is 17.9 Å². The predicted octanol–water partition coefficient (Wildman–Crippen LogP) is 1.68. The van der Waals surface area contributed by atoms with Gasteiger partial charge in [0.2, 0.25) is 0 Å². The van der Waals surface area contributed by atoms with Crippen LogP contribution in [0.15, 0.2) is 23.1 Å². The molecule has 0 saturated heterocycles. The van der Waals surface area contributed by atoms with E-state index >= 15 is 0 Å². The molecule has 98 valence electrons. The smallest absolute Gasteiger partial charge is 0.309 e. The van der Waals surface area contributed by atoms with Crippen molar-refractivity contribution in [3.05, 3.63) is 29.3 Å². The van der Waals surface area contributed by atoms with E-state index in [2.05, 4.69) is 4.74 Å². The molecule has 1 fully saturated rings. The molecule has 0 aliphatic heterocycles. The second-order valence-corrected chi connectivity index (χ2v) is 6.73. The molecular weight excluding hydrogens is 252 g/mol. The van der Waals surface area contributed by atoms with E-state index in [1.165, 1.54) is 13.4 Å². The zero-order valence-corrected chi connectivity index (χ0v) is 11.3. The van der Waals surface area contributed by atoms with E-state index in [0.717, 1.165) is 18.4 Å². The van der Waals surface area contributed by atoms with Gasteiger partial charge in [-0.2, -0.15) is 0 Å². The average molecular weight is 268 g/mol. The van der Waals surface area contributed by atoms with Crippen molar-refractivity contribution in [3.8, 4) is 0 Å². The van der Waals surface area contributed by atoms with Gasteiger partial charge in [-0.25, -0.2) is 8.42 Å². The van der Waals surface area contributed by atoms with Gasteiger partial charge in [-0.15, -0.1) is 0 Å². The third kappa shape index (κ3) is 3.10. The van der Waals surface area contributed by atoms with Crippen LogP contribution >= 0.6 is 0 Å². The van der Waals surface area contributed by atoms with E-state index in [9.17, 15) is 13.2 Å². The number of hydrogen-bond donors (Lipinski definition) is 0. The first-order chi connectivity index (χ1) is 8.40. The minimum absolute atomic E-state index is 0.111. The molecule has 0 atom stereocenters. The highest BCUT2D eigenvalue weighted by Crippen LogP contribution is 2.41. The molecule has 0 N–H and O–H groups in total. The fraction of sp³-hybridized carbons (Fsp3) is 0.462. The number of methoxy groups -OCH3 is 1. The molecule has 0 aromatic heterocycles. The SMILES string of the molecule is COC(=O)Cc1cc(C2CC2)cc(S(C)(=O)=O)c1. The summed E-state index contributed by atoms with van der Waals surface area (Å²) >= 11 is 0. The van der Waals surface area contributed by atoms with Crippen LogP contribution in [-0.2, 0) is 25.8 Å². The van der Waals surface area contributed by atoms with Gasteiger partial charge in [-0.3, -0.25) is 4.79 Å². The summed E-state index contributed by atoms with van der Waals surface area (Å²) in [7, 11) is -1.92. The van der Waals surface area contributed by atoms with Crippen LogP contribution in [0.2, 0.25) is 0 Å². The second-order valence-electron chi connectivity index (χ2n) is 4.71. The minimum Gasteiger partial charge on any atom is -0.469 e. The summed E-state index contributed by atoms with van der Waals surface area (Å²) in [5.41, 5.74) is 1.71. The summed E-state index contributed by atoms with van der Waals surface area (Å²) in [5.74, 6) is 0.0884. The van der Waals surface area contributed by atoms with Crippen LogP contribution in [0.4, 0.5) is 0 Å². The maximum absolute atomic E-state index is 11.6. The Morgan fingerprint density at radius 2 is 2.00 bits per heavy atom. The minimum atomic E-state index is -3.25. The predicted molar refractivity (Wildman–Crippen MR) is 67.2 cm³/mol. The highest BCUT2D eigenvalue weighted by atomic mass is 32.2. The highest BCUT2D eigenvalue weighted by molar-refractivity contribution is 7.90. The molecule has 0 heterocycles. The van der Waals surface area contributed by atoms with Crippen LogP contribution in [0, 0.1) is 0 Å². The fourth-order valence-electron chi connectivity index (χ4n) is 1.89.